The third kappa shape index (κ3) is 5.89. The fraction of sp³-hybridized carbons (Fsp3) is 0. The first-order valence-electron chi connectivity index (χ1n) is 2.46. The Morgan fingerprint density at radius 3 is 2.08 bits per heavy atom. The Labute approximate surface area is 70.0 Å². The lowest BCUT2D eigenvalue weighted by molar-refractivity contribution is 0.452. The third-order valence-corrected chi connectivity index (χ3v) is 1.86. The molecule has 0 saturated heterocycles. The van der Waals surface area contributed by atoms with Crippen molar-refractivity contribution in [2.24, 2.45) is 0 Å². The van der Waals surface area contributed by atoms with Crippen molar-refractivity contribution in [3.63, 3.8) is 0 Å². The van der Waals surface area contributed by atoms with E-state index in [1.807, 2.05) is 0 Å². The average molecular weight is 214 g/mol. The Kier molecular flexibility index (Phi) is 3.43. The van der Waals surface area contributed by atoms with E-state index in [1.54, 1.807) is 0 Å². The highest BCUT2D eigenvalue weighted by atomic mass is 32.2. The van der Waals surface area contributed by atoms with E-state index in [9.17, 15) is 16.8 Å². The quantitative estimate of drug-likeness (QED) is 0.396. The molecular formula is C4H6O6S2. The van der Waals surface area contributed by atoms with E-state index in [0.29, 0.717) is 11.7 Å². The van der Waals surface area contributed by atoms with Crippen LogP contribution in [0.4, 0.5) is 0 Å². The van der Waals surface area contributed by atoms with Crippen LogP contribution in [0.1, 0.15) is 0 Å². The molecule has 0 atom stereocenters. The SMILES string of the molecule is C=CS(=O)(=O)OC=CS(=O)(=O)O. The van der Waals surface area contributed by atoms with Crippen molar-refractivity contribution in [1.82, 2.24) is 0 Å². The lowest BCUT2D eigenvalue weighted by Crippen LogP contribution is -1.96. The van der Waals surface area contributed by atoms with E-state index in [0.717, 1.165) is 0 Å². The molecule has 0 aromatic carbocycles. The zero-order chi connectivity index (χ0) is 9.83. The molecule has 0 bridgehead atoms. The number of hydrogen-bond acceptors (Lipinski definition) is 5. The van der Waals surface area contributed by atoms with Crippen LogP contribution in [0.15, 0.2) is 23.7 Å². The van der Waals surface area contributed by atoms with Gasteiger partial charge in [0, 0.05) is 0 Å². The van der Waals surface area contributed by atoms with Gasteiger partial charge in [-0.3, -0.25) is 4.55 Å². The highest BCUT2D eigenvalue weighted by Crippen LogP contribution is 1.95. The second kappa shape index (κ2) is 3.70. The van der Waals surface area contributed by atoms with Crippen molar-refractivity contribution in [3.05, 3.63) is 23.7 Å². The molecule has 0 aliphatic heterocycles. The van der Waals surface area contributed by atoms with Gasteiger partial charge in [-0.1, -0.05) is 6.58 Å². The molecule has 0 unspecified atom stereocenters. The standard InChI is InChI=1S/C4H6O6S2/c1-2-12(8,9)10-3-4-11(5,6)7/h2-4H,1H2,(H,5,6,7). The highest BCUT2D eigenvalue weighted by Gasteiger charge is 2.02. The van der Waals surface area contributed by atoms with Gasteiger partial charge in [0.25, 0.3) is 10.1 Å². The predicted octanol–water partition coefficient (Wildman–Crippen LogP) is -0.165. The maximum Gasteiger partial charge on any atom is 0.331 e. The van der Waals surface area contributed by atoms with Crippen molar-refractivity contribution >= 4 is 20.2 Å². The second-order valence-electron chi connectivity index (χ2n) is 1.54. The van der Waals surface area contributed by atoms with Crippen LogP contribution in [0.2, 0.25) is 0 Å². The van der Waals surface area contributed by atoms with E-state index in [-0.39, 0.29) is 5.41 Å². The van der Waals surface area contributed by atoms with Gasteiger partial charge in [0.05, 0.1) is 10.8 Å². The molecule has 0 saturated carbocycles. The molecule has 0 fully saturated rings. The second-order valence-corrected chi connectivity index (χ2v) is 4.36. The third-order valence-electron chi connectivity index (χ3n) is 0.621. The summed E-state index contributed by atoms with van der Waals surface area (Å²) in [7, 11) is -8.30. The normalized spacial score (nSPS) is 13.1. The van der Waals surface area contributed by atoms with Gasteiger partial charge in [-0.25, -0.2) is 0 Å². The van der Waals surface area contributed by atoms with Crippen LogP contribution in [-0.4, -0.2) is 21.4 Å². The molecular weight excluding hydrogens is 208 g/mol. The smallest absolute Gasteiger partial charge is 0.331 e. The van der Waals surface area contributed by atoms with Gasteiger partial charge in [0.1, 0.15) is 6.26 Å². The van der Waals surface area contributed by atoms with Crippen molar-refractivity contribution in [2.45, 2.75) is 0 Å². The Morgan fingerprint density at radius 1 is 1.25 bits per heavy atom. The van der Waals surface area contributed by atoms with E-state index in [4.69, 9.17) is 4.55 Å². The van der Waals surface area contributed by atoms with E-state index >= 15 is 0 Å². The van der Waals surface area contributed by atoms with E-state index in [2.05, 4.69) is 10.8 Å². The van der Waals surface area contributed by atoms with Gasteiger partial charge in [0.2, 0.25) is 0 Å². The summed E-state index contributed by atoms with van der Waals surface area (Å²) >= 11 is 0. The average Bonchev–Trinajstić information content (AvgIpc) is 1.84. The van der Waals surface area contributed by atoms with Gasteiger partial charge in [0.15, 0.2) is 0 Å². The molecule has 0 aromatic rings. The van der Waals surface area contributed by atoms with Crippen molar-refractivity contribution in [1.29, 1.82) is 0 Å². The summed E-state index contributed by atoms with van der Waals surface area (Å²) < 4.78 is 52.7. The summed E-state index contributed by atoms with van der Waals surface area (Å²) in [6.07, 6.45) is 0.326. The Bertz CT molecular complexity index is 372. The summed E-state index contributed by atoms with van der Waals surface area (Å²) in [4.78, 5) is 0. The molecule has 70 valence electrons. The molecule has 12 heavy (non-hydrogen) atoms. The lowest BCUT2D eigenvalue weighted by Gasteiger charge is -1.93. The van der Waals surface area contributed by atoms with E-state index < -0.39 is 20.2 Å². The molecule has 0 heterocycles. The number of rotatable bonds is 4. The minimum absolute atomic E-state index is 0.189. The van der Waals surface area contributed by atoms with Crippen LogP contribution in [0.3, 0.4) is 0 Å². The van der Waals surface area contributed by atoms with Crippen LogP contribution in [0.25, 0.3) is 0 Å². The molecule has 1 N–H and O–H groups in total. The van der Waals surface area contributed by atoms with Gasteiger partial charge in [-0.2, -0.15) is 16.8 Å². The van der Waals surface area contributed by atoms with E-state index in [1.165, 1.54) is 0 Å². The monoisotopic (exact) mass is 214 g/mol. The molecule has 0 amide bonds. The van der Waals surface area contributed by atoms with Crippen molar-refractivity contribution in [2.75, 3.05) is 0 Å². The molecule has 8 heteroatoms. The van der Waals surface area contributed by atoms with Crippen molar-refractivity contribution in [3.8, 4) is 0 Å². The summed E-state index contributed by atoms with van der Waals surface area (Å²) in [5.74, 6) is 0. The molecule has 0 aliphatic carbocycles. The molecule has 0 spiro atoms. The topological polar surface area (TPSA) is 97.7 Å². The molecule has 0 rings (SSSR count). The molecule has 0 radical (unpaired) electrons. The summed E-state index contributed by atoms with van der Waals surface area (Å²) in [6, 6.07) is 0. The van der Waals surface area contributed by atoms with Crippen molar-refractivity contribution < 1.29 is 25.6 Å². The van der Waals surface area contributed by atoms with Gasteiger partial charge < -0.3 is 4.18 Å². The van der Waals surface area contributed by atoms with Gasteiger partial charge in [-0.15, -0.1) is 0 Å². The van der Waals surface area contributed by atoms with Crippen LogP contribution >= 0.6 is 0 Å². The van der Waals surface area contributed by atoms with Crippen LogP contribution < -0.4 is 0 Å². The van der Waals surface area contributed by atoms with Gasteiger partial charge >= 0.3 is 10.1 Å². The minimum atomic E-state index is -4.36. The summed E-state index contributed by atoms with van der Waals surface area (Å²) in [5, 5.41) is 0.676. The first-order valence-corrected chi connectivity index (χ1v) is 5.44. The largest absolute Gasteiger partial charge is 0.387 e. The zero-order valence-corrected chi connectivity index (χ0v) is 7.38. The Hall–Kier alpha value is -0.860. The fourth-order valence-electron chi connectivity index (χ4n) is 0.210. The first kappa shape index (κ1) is 11.1. The maximum atomic E-state index is 10.4. The molecule has 6 nitrogen and oxygen atoms in total. The van der Waals surface area contributed by atoms with Crippen LogP contribution in [0.5, 0.6) is 0 Å². The van der Waals surface area contributed by atoms with Gasteiger partial charge in [-0.05, 0) is 0 Å². The summed E-state index contributed by atoms with van der Waals surface area (Å²) in [6.45, 7) is 2.89. The molecule has 0 aliphatic rings. The summed E-state index contributed by atoms with van der Waals surface area (Å²) in [5.41, 5.74) is 0. The lowest BCUT2D eigenvalue weighted by atomic mass is 11.2. The van der Waals surface area contributed by atoms with Crippen LogP contribution in [-0.2, 0) is 24.4 Å². The maximum absolute atomic E-state index is 10.4. The number of hydrogen-bond donors (Lipinski definition) is 1. The fourth-order valence-corrected chi connectivity index (χ4v) is 0.765. The Balaban J connectivity index is 4.39. The minimum Gasteiger partial charge on any atom is -0.387 e. The first-order chi connectivity index (χ1) is 5.27. The molecule has 0 aromatic heterocycles. The Morgan fingerprint density at radius 2 is 1.75 bits per heavy atom. The van der Waals surface area contributed by atoms with Crippen LogP contribution in [0, 0.1) is 0 Å². The zero-order valence-electron chi connectivity index (χ0n) is 5.74. The predicted molar refractivity (Wildman–Crippen MR) is 40.9 cm³/mol. The highest BCUT2D eigenvalue weighted by molar-refractivity contribution is 7.90.